The first-order valence-corrected chi connectivity index (χ1v) is 10.7. The van der Waals surface area contributed by atoms with Crippen molar-refractivity contribution in [2.45, 2.75) is 110 Å². The highest BCUT2D eigenvalue weighted by Gasteiger charge is 2.22. The summed E-state index contributed by atoms with van der Waals surface area (Å²) < 4.78 is 0. The lowest BCUT2D eigenvalue weighted by molar-refractivity contribution is 0.167. The molecule has 0 aromatic rings. The predicted molar refractivity (Wildman–Crippen MR) is 104 cm³/mol. The highest BCUT2D eigenvalue weighted by molar-refractivity contribution is 4.78. The largest absolute Gasteiger partial charge is 0.300 e. The summed E-state index contributed by atoms with van der Waals surface area (Å²) in [6, 6.07) is 1.57. The Hall–Kier alpha value is -0.0800. The molecule has 0 aromatic heterocycles. The highest BCUT2D eigenvalue weighted by atomic mass is 15.2. The summed E-state index contributed by atoms with van der Waals surface area (Å²) in [6.07, 6.45) is 15.6. The van der Waals surface area contributed by atoms with Crippen LogP contribution in [0.25, 0.3) is 0 Å². The van der Waals surface area contributed by atoms with Gasteiger partial charge in [-0.15, -0.1) is 0 Å². The van der Waals surface area contributed by atoms with E-state index in [0.29, 0.717) is 6.04 Å². The molecule has 0 saturated carbocycles. The van der Waals surface area contributed by atoms with Crippen molar-refractivity contribution in [3.05, 3.63) is 0 Å². The maximum atomic E-state index is 2.85. The highest BCUT2D eigenvalue weighted by Crippen LogP contribution is 2.20. The van der Waals surface area contributed by atoms with Crippen molar-refractivity contribution in [3.63, 3.8) is 0 Å². The molecule has 0 amide bonds. The summed E-state index contributed by atoms with van der Waals surface area (Å²) in [5.41, 5.74) is 0. The van der Waals surface area contributed by atoms with Gasteiger partial charge >= 0.3 is 0 Å². The van der Waals surface area contributed by atoms with Crippen LogP contribution in [0.3, 0.4) is 0 Å². The van der Waals surface area contributed by atoms with Gasteiger partial charge in [-0.3, -0.25) is 9.80 Å². The Labute approximate surface area is 147 Å². The summed E-state index contributed by atoms with van der Waals surface area (Å²) >= 11 is 0. The van der Waals surface area contributed by atoms with Gasteiger partial charge in [0.15, 0.2) is 0 Å². The molecule has 1 atom stereocenters. The molecule has 1 aliphatic heterocycles. The average molecular weight is 325 g/mol. The molecule has 2 nitrogen and oxygen atoms in total. The molecular weight excluding hydrogens is 280 g/mol. The van der Waals surface area contributed by atoms with Crippen molar-refractivity contribution in [2.24, 2.45) is 0 Å². The zero-order valence-corrected chi connectivity index (χ0v) is 16.7. The molecule has 1 heterocycles. The van der Waals surface area contributed by atoms with E-state index in [1.54, 1.807) is 0 Å². The fourth-order valence-corrected chi connectivity index (χ4v) is 3.96. The Balaban J connectivity index is 2.42. The van der Waals surface area contributed by atoms with Gasteiger partial charge in [0.05, 0.1) is 0 Å². The minimum Gasteiger partial charge on any atom is -0.300 e. The fraction of sp³-hybridized carbons (Fsp3) is 1.00. The van der Waals surface area contributed by atoms with Crippen LogP contribution in [0, 0.1) is 0 Å². The third-order valence-corrected chi connectivity index (χ3v) is 5.59. The van der Waals surface area contributed by atoms with Crippen LogP contribution >= 0.6 is 0 Å². The summed E-state index contributed by atoms with van der Waals surface area (Å²) in [7, 11) is 0. The molecule has 0 bridgehead atoms. The monoisotopic (exact) mass is 324 g/mol. The van der Waals surface area contributed by atoms with E-state index in [-0.39, 0.29) is 0 Å². The summed E-state index contributed by atoms with van der Waals surface area (Å²) in [5, 5.41) is 0. The number of nitrogens with zero attached hydrogens (tertiary/aromatic N) is 2. The van der Waals surface area contributed by atoms with Crippen LogP contribution in [-0.2, 0) is 0 Å². The maximum Gasteiger partial charge on any atom is 0.0112 e. The molecule has 138 valence electrons. The summed E-state index contributed by atoms with van der Waals surface area (Å²) in [6.45, 7) is 14.5. The van der Waals surface area contributed by atoms with E-state index >= 15 is 0 Å². The molecule has 23 heavy (non-hydrogen) atoms. The number of rotatable bonds is 12. The van der Waals surface area contributed by atoms with Gasteiger partial charge in [-0.05, 0) is 46.2 Å². The third-order valence-electron chi connectivity index (χ3n) is 5.59. The predicted octanol–water partition coefficient (Wildman–Crippen LogP) is 5.71. The van der Waals surface area contributed by atoms with Crippen LogP contribution in [0.2, 0.25) is 0 Å². The molecule has 2 heteroatoms. The Morgan fingerprint density at radius 1 is 0.652 bits per heavy atom. The molecule has 0 radical (unpaired) electrons. The molecule has 1 saturated heterocycles. The first-order chi connectivity index (χ1) is 11.2. The van der Waals surface area contributed by atoms with Crippen LogP contribution in [0.15, 0.2) is 0 Å². The molecule has 0 spiro atoms. The van der Waals surface area contributed by atoms with E-state index in [4.69, 9.17) is 0 Å². The number of hydrogen-bond acceptors (Lipinski definition) is 2. The van der Waals surface area contributed by atoms with Crippen molar-refractivity contribution < 1.29 is 0 Å². The van der Waals surface area contributed by atoms with Gasteiger partial charge in [-0.25, -0.2) is 0 Å². The third kappa shape index (κ3) is 9.10. The zero-order chi connectivity index (χ0) is 16.9. The van der Waals surface area contributed by atoms with Crippen LogP contribution in [-0.4, -0.2) is 48.1 Å². The Bertz CT molecular complexity index is 265. The molecule has 1 unspecified atom stereocenters. The standard InChI is InChI=1S/C21H44N2/c1-5-7-9-10-12-15-21(14-11-8-6-2)23-17-13-16-22(18-19-23)20(3)4/h20-21H,5-19H2,1-4H3. The van der Waals surface area contributed by atoms with Gasteiger partial charge in [0, 0.05) is 25.2 Å². The average Bonchev–Trinajstić information content (AvgIpc) is 2.79. The van der Waals surface area contributed by atoms with Crippen molar-refractivity contribution in [2.75, 3.05) is 26.2 Å². The molecule has 1 fully saturated rings. The van der Waals surface area contributed by atoms with Crippen LogP contribution < -0.4 is 0 Å². The van der Waals surface area contributed by atoms with Crippen LogP contribution in [0.1, 0.15) is 98.3 Å². The topological polar surface area (TPSA) is 6.48 Å². The molecule has 1 rings (SSSR count). The summed E-state index contributed by atoms with van der Waals surface area (Å²) in [5.74, 6) is 0. The lowest BCUT2D eigenvalue weighted by Crippen LogP contribution is -2.39. The van der Waals surface area contributed by atoms with Gasteiger partial charge in [0.25, 0.3) is 0 Å². The van der Waals surface area contributed by atoms with E-state index in [1.165, 1.54) is 96.8 Å². The number of unbranched alkanes of at least 4 members (excludes halogenated alkanes) is 6. The van der Waals surface area contributed by atoms with Crippen LogP contribution in [0.4, 0.5) is 0 Å². The normalized spacial score (nSPS) is 19.2. The second-order valence-electron chi connectivity index (χ2n) is 7.87. The van der Waals surface area contributed by atoms with E-state index in [1.807, 2.05) is 0 Å². The molecule has 0 N–H and O–H groups in total. The van der Waals surface area contributed by atoms with E-state index in [0.717, 1.165) is 6.04 Å². The first-order valence-electron chi connectivity index (χ1n) is 10.7. The van der Waals surface area contributed by atoms with Crippen molar-refractivity contribution >= 4 is 0 Å². The minimum atomic E-state index is 0.711. The Morgan fingerprint density at radius 3 is 1.83 bits per heavy atom. The second-order valence-corrected chi connectivity index (χ2v) is 7.87. The lowest BCUT2D eigenvalue weighted by atomic mass is 9.99. The van der Waals surface area contributed by atoms with Crippen LogP contribution in [0.5, 0.6) is 0 Å². The maximum absolute atomic E-state index is 2.85. The lowest BCUT2D eigenvalue weighted by Gasteiger charge is -2.31. The molecule has 0 aromatic carbocycles. The Kier molecular flexibility index (Phi) is 12.1. The Morgan fingerprint density at radius 2 is 1.17 bits per heavy atom. The first kappa shape index (κ1) is 21.0. The van der Waals surface area contributed by atoms with Crippen molar-refractivity contribution in [1.29, 1.82) is 0 Å². The van der Waals surface area contributed by atoms with Gasteiger partial charge in [0.1, 0.15) is 0 Å². The van der Waals surface area contributed by atoms with E-state index < -0.39 is 0 Å². The van der Waals surface area contributed by atoms with E-state index in [2.05, 4.69) is 37.5 Å². The fourth-order valence-electron chi connectivity index (χ4n) is 3.96. The SMILES string of the molecule is CCCCCCCC(CCCCC)N1CCCN(C(C)C)CC1. The van der Waals surface area contributed by atoms with Gasteiger partial charge < -0.3 is 0 Å². The number of hydrogen-bond donors (Lipinski definition) is 0. The summed E-state index contributed by atoms with van der Waals surface area (Å²) in [4.78, 5) is 5.52. The smallest absolute Gasteiger partial charge is 0.0112 e. The minimum absolute atomic E-state index is 0.711. The van der Waals surface area contributed by atoms with Gasteiger partial charge in [0.2, 0.25) is 0 Å². The zero-order valence-electron chi connectivity index (χ0n) is 16.7. The van der Waals surface area contributed by atoms with E-state index in [9.17, 15) is 0 Å². The second kappa shape index (κ2) is 13.2. The molecular formula is C21H44N2. The molecule has 1 aliphatic rings. The van der Waals surface area contributed by atoms with Crippen molar-refractivity contribution in [3.8, 4) is 0 Å². The van der Waals surface area contributed by atoms with Gasteiger partial charge in [-0.2, -0.15) is 0 Å². The quantitative estimate of drug-likeness (QED) is 0.424. The van der Waals surface area contributed by atoms with Gasteiger partial charge in [-0.1, -0.05) is 65.2 Å². The molecule has 0 aliphatic carbocycles. The van der Waals surface area contributed by atoms with Crippen molar-refractivity contribution in [1.82, 2.24) is 9.80 Å².